The Kier molecular flexibility index (Phi) is 16.1. The molecule has 0 bridgehead atoms. The van der Waals surface area contributed by atoms with Crippen LogP contribution in [-0.2, 0) is 28.8 Å². The van der Waals surface area contributed by atoms with Gasteiger partial charge in [-0.25, -0.2) is 4.79 Å². The standard InChI is InChI=1S/C27H50N6O7/c1-13(2)10-19(31-24(36)18(9)30-23(35)17(8)29-22(34)16(7)28)25(37)32-20(11-14(3)4)26(38)33-21(27(39)40)12-15(5)6/h13-21H,10-12,28H2,1-9H3,(H,29,34)(H,30,35)(H,31,36)(H,32,37)(H,33,38)(H,39,40)/t16-,17-,18-,19-,20-,21-/m0/s1. The smallest absolute Gasteiger partial charge is 0.326 e. The lowest BCUT2D eigenvalue weighted by Gasteiger charge is -2.27. The zero-order chi connectivity index (χ0) is 31.3. The van der Waals surface area contributed by atoms with E-state index < -0.39 is 71.8 Å². The quantitative estimate of drug-likeness (QED) is 0.126. The number of carbonyl (C=O) groups is 6. The second kappa shape index (κ2) is 17.5. The Labute approximate surface area is 237 Å². The fraction of sp³-hybridized carbons (Fsp3) is 0.778. The molecule has 0 heterocycles. The van der Waals surface area contributed by atoms with Gasteiger partial charge in [0, 0.05) is 0 Å². The van der Waals surface area contributed by atoms with Crippen LogP contribution in [0.1, 0.15) is 81.6 Å². The molecule has 0 aromatic carbocycles. The summed E-state index contributed by atoms with van der Waals surface area (Å²) in [6, 6.07) is -5.92. The highest BCUT2D eigenvalue weighted by Crippen LogP contribution is 2.11. The number of aliphatic carboxylic acids is 1. The molecule has 0 aliphatic heterocycles. The molecule has 13 nitrogen and oxygen atoms in total. The fourth-order valence-electron chi connectivity index (χ4n) is 3.75. The predicted octanol–water partition coefficient (Wildman–Crippen LogP) is 0.0203. The molecule has 40 heavy (non-hydrogen) atoms. The van der Waals surface area contributed by atoms with Gasteiger partial charge in [-0.05, 0) is 57.8 Å². The molecule has 13 heteroatoms. The molecule has 6 atom stereocenters. The number of nitrogens with two attached hydrogens (primary N) is 1. The summed E-state index contributed by atoms with van der Waals surface area (Å²) in [4.78, 5) is 75.0. The summed E-state index contributed by atoms with van der Waals surface area (Å²) in [6.07, 6.45) is 0.734. The number of amides is 5. The van der Waals surface area contributed by atoms with Crippen LogP contribution in [-0.4, -0.2) is 76.9 Å². The van der Waals surface area contributed by atoms with Crippen molar-refractivity contribution in [2.45, 2.75) is 118 Å². The molecular weight excluding hydrogens is 520 g/mol. The highest BCUT2D eigenvalue weighted by atomic mass is 16.4. The van der Waals surface area contributed by atoms with Crippen molar-refractivity contribution in [2.24, 2.45) is 23.5 Å². The molecule has 0 unspecified atom stereocenters. The largest absolute Gasteiger partial charge is 0.480 e. The van der Waals surface area contributed by atoms with Crippen LogP contribution >= 0.6 is 0 Å². The van der Waals surface area contributed by atoms with Crippen LogP contribution in [0.3, 0.4) is 0 Å². The van der Waals surface area contributed by atoms with E-state index in [0.717, 1.165) is 0 Å². The summed E-state index contributed by atoms with van der Waals surface area (Å²) in [5.41, 5.74) is 5.50. The molecule has 5 amide bonds. The van der Waals surface area contributed by atoms with Gasteiger partial charge < -0.3 is 37.4 Å². The van der Waals surface area contributed by atoms with E-state index in [1.807, 2.05) is 41.5 Å². The van der Waals surface area contributed by atoms with Crippen molar-refractivity contribution in [2.75, 3.05) is 0 Å². The van der Waals surface area contributed by atoms with Crippen LogP contribution in [0.5, 0.6) is 0 Å². The Morgan fingerprint density at radius 3 is 1.15 bits per heavy atom. The first kappa shape index (κ1) is 36.8. The monoisotopic (exact) mass is 570 g/mol. The van der Waals surface area contributed by atoms with Crippen molar-refractivity contribution < 1.29 is 33.9 Å². The van der Waals surface area contributed by atoms with Crippen LogP contribution in [0, 0.1) is 17.8 Å². The number of rotatable bonds is 17. The Morgan fingerprint density at radius 2 is 0.800 bits per heavy atom. The van der Waals surface area contributed by atoms with E-state index in [2.05, 4.69) is 26.6 Å². The molecule has 0 saturated carbocycles. The maximum atomic E-state index is 13.3. The Hall–Kier alpha value is -3.22. The maximum absolute atomic E-state index is 13.3. The molecule has 0 fully saturated rings. The van der Waals surface area contributed by atoms with Gasteiger partial charge in [-0.3, -0.25) is 24.0 Å². The highest BCUT2D eigenvalue weighted by Gasteiger charge is 2.31. The van der Waals surface area contributed by atoms with Gasteiger partial charge in [-0.2, -0.15) is 0 Å². The van der Waals surface area contributed by atoms with Crippen molar-refractivity contribution in [1.29, 1.82) is 0 Å². The van der Waals surface area contributed by atoms with Crippen LogP contribution in [0.2, 0.25) is 0 Å². The summed E-state index contributed by atoms with van der Waals surface area (Å²) < 4.78 is 0. The van der Waals surface area contributed by atoms with E-state index in [4.69, 9.17) is 5.73 Å². The molecular formula is C27H50N6O7. The summed E-state index contributed by atoms with van der Waals surface area (Å²) in [5.74, 6) is -4.12. The van der Waals surface area contributed by atoms with Gasteiger partial charge in [-0.15, -0.1) is 0 Å². The fourth-order valence-corrected chi connectivity index (χ4v) is 3.75. The summed E-state index contributed by atoms with van der Waals surface area (Å²) in [6.45, 7) is 15.5. The number of carboxylic acids is 1. The number of carboxylic acid groups (broad SMARTS) is 1. The van der Waals surface area contributed by atoms with Crippen molar-refractivity contribution in [3.63, 3.8) is 0 Å². The van der Waals surface area contributed by atoms with Crippen molar-refractivity contribution in [3.8, 4) is 0 Å². The third-order valence-corrected chi connectivity index (χ3v) is 5.92. The van der Waals surface area contributed by atoms with Crippen LogP contribution in [0.25, 0.3) is 0 Å². The van der Waals surface area contributed by atoms with Gasteiger partial charge in [0.2, 0.25) is 29.5 Å². The SMILES string of the molecule is CC(C)C[C@H](NC(=O)[C@H](CC(C)C)NC(=O)[C@H](CC(C)C)NC(=O)[C@H](C)NC(=O)[C@H](C)NC(=O)[C@H](C)N)C(=O)O. The van der Waals surface area contributed by atoms with Gasteiger partial charge >= 0.3 is 5.97 Å². The van der Waals surface area contributed by atoms with Gasteiger partial charge in [0.15, 0.2) is 0 Å². The zero-order valence-corrected chi connectivity index (χ0v) is 25.3. The van der Waals surface area contributed by atoms with Crippen LogP contribution < -0.4 is 32.3 Å². The molecule has 8 N–H and O–H groups in total. The number of nitrogens with one attached hydrogen (secondary N) is 5. The van der Waals surface area contributed by atoms with E-state index in [1.165, 1.54) is 20.8 Å². The lowest BCUT2D eigenvalue weighted by atomic mass is 9.99. The molecule has 0 aromatic heterocycles. The lowest BCUT2D eigenvalue weighted by molar-refractivity contribution is -0.143. The van der Waals surface area contributed by atoms with E-state index in [0.29, 0.717) is 0 Å². The molecule has 0 aliphatic rings. The highest BCUT2D eigenvalue weighted by molar-refractivity contribution is 5.96. The topological polar surface area (TPSA) is 209 Å². The number of hydrogen-bond donors (Lipinski definition) is 7. The normalized spacial score (nSPS) is 15.8. The molecule has 0 saturated heterocycles. The van der Waals surface area contributed by atoms with E-state index >= 15 is 0 Å². The van der Waals surface area contributed by atoms with Crippen molar-refractivity contribution in [3.05, 3.63) is 0 Å². The molecule has 0 radical (unpaired) electrons. The first-order chi connectivity index (χ1) is 18.3. The Bertz CT molecular complexity index is 891. The summed E-state index contributed by atoms with van der Waals surface area (Å²) in [7, 11) is 0. The number of hydrogen-bond acceptors (Lipinski definition) is 7. The van der Waals surface area contributed by atoms with Crippen LogP contribution in [0.15, 0.2) is 0 Å². The van der Waals surface area contributed by atoms with Gasteiger partial charge in [0.1, 0.15) is 30.2 Å². The predicted molar refractivity (Wildman–Crippen MR) is 151 cm³/mol. The molecule has 0 aromatic rings. The molecule has 0 spiro atoms. The minimum absolute atomic E-state index is 0.00235. The zero-order valence-electron chi connectivity index (χ0n) is 25.3. The third-order valence-electron chi connectivity index (χ3n) is 5.92. The lowest BCUT2D eigenvalue weighted by Crippen LogP contribution is -2.58. The maximum Gasteiger partial charge on any atom is 0.326 e. The second-order valence-corrected chi connectivity index (χ2v) is 11.7. The van der Waals surface area contributed by atoms with Gasteiger partial charge in [0.05, 0.1) is 6.04 Å². The molecule has 230 valence electrons. The first-order valence-corrected chi connectivity index (χ1v) is 13.9. The molecule has 0 rings (SSSR count). The van der Waals surface area contributed by atoms with Crippen LogP contribution in [0.4, 0.5) is 0 Å². The Morgan fingerprint density at radius 1 is 0.500 bits per heavy atom. The minimum Gasteiger partial charge on any atom is -0.480 e. The summed E-state index contributed by atoms with van der Waals surface area (Å²) >= 11 is 0. The minimum atomic E-state index is -1.16. The summed E-state index contributed by atoms with van der Waals surface area (Å²) in [5, 5.41) is 22.3. The van der Waals surface area contributed by atoms with Gasteiger partial charge in [0.25, 0.3) is 0 Å². The van der Waals surface area contributed by atoms with Crippen molar-refractivity contribution in [1.82, 2.24) is 26.6 Å². The van der Waals surface area contributed by atoms with E-state index in [1.54, 1.807) is 0 Å². The third kappa shape index (κ3) is 14.2. The van der Waals surface area contributed by atoms with E-state index in [-0.39, 0.29) is 37.0 Å². The average molecular weight is 571 g/mol. The van der Waals surface area contributed by atoms with E-state index in [9.17, 15) is 33.9 Å². The van der Waals surface area contributed by atoms with Crippen molar-refractivity contribution >= 4 is 35.5 Å². The Balaban J connectivity index is 5.55. The number of carbonyl (C=O) groups excluding carboxylic acids is 5. The second-order valence-electron chi connectivity index (χ2n) is 11.7. The molecule has 0 aliphatic carbocycles. The first-order valence-electron chi connectivity index (χ1n) is 13.9. The van der Waals surface area contributed by atoms with Gasteiger partial charge in [-0.1, -0.05) is 41.5 Å². The average Bonchev–Trinajstić information content (AvgIpc) is 2.81.